The van der Waals surface area contributed by atoms with Crippen LogP contribution in [0.15, 0.2) is 42.5 Å². The van der Waals surface area contributed by atoms with Crippen molar-refractivity contribution in [3.63, 3.8) is 0 Å². The molecule has 1 unspecified atom stereocenters. The molecule has 1 aliphatic heterocycles. The smallest absolute Gasteiger partial charge is 0.244 e. The number of ether oxygens (including phenoxy) is 2. The van der Waals surface area contributed by atoms with E-state index in [0.29, 0.717) is 36.9 Å². The van der Waals surface area contributed by atoms with Gasteiger partial charge >= 0.3 is 0 Å². The molecule has 166 valence electrons. The van der Waals surface area contributed by atoms with Crippen molar-refractivity contribution in [3.05, 3.63) is 48.0 Å². The van der Waals surface area contributed by atoms with Crippen LogP contribution >= 0.6 is 0 Å². The molecule has 7 heteroatoms. The predicted octanol–water partition coefficient (Wildman–Crippen LogP) is 3.33. The summed E-state index contributed by atoms with van der Waals surface area (Å²) >= 11 is 0. The number of anilines is 2. The number of fused-ring (bicyclic) bond motifs is 1. The highest BCUT2D eigenvalue weighted by atomic mass is 16.5. The van der Waals surface area contributed by atoms with Crippen molar-refractivity contribution in [3.8, 4) is 11.5 Å². The van der Waals surface area contributed by atoms with Crippen LogP contribution in [-0.4, -0.2) is 56.1 Å². The first kappa shape index (κ1) is 22.6. The molecular weight excluding hydrogens is 394 g/mol. The quantitative estimate of drug-likeness (QED) is 0.667. The van der Waals surface area contributed by atoms with Crippen LogP contribution in [0.25, 0.3) is 0 Å². The molecule has 2 amide bonds. The Morgan fingerprint density at radius 3 is 2.55 bits per heavy atom. The Hall–Kier alpha value is -3.06. The minimum absolute atomic E-state index is 0.0000469. The molecule has 0 bridgehead atoms. The molecule has 0 saturated heterocycles. The van der Waals surface area contributed by atoms with Crippen LogP contribution in [0.4, 0.5) is 11.4 Å². The summed E-state index contributed by atoms with van der Waals surface area (Å²) in [6.07, 6.45) is 0.860. The highest BCUT2D eigenvalue weighted by Crippen LogP contribution is 2.31. The first-order valence-electron chi connectivity index (χ1n) is 10.7. The third kappa shape index (κ3) is 5.35. The number of amides is 2. The van der Waals surface area contributed by atoms with E-state index >= 15 is 0 Å². The van der Waals surface area contributed by atoms with Crippen LogP contribution in [0.2, 0.25) is 0 Å². The van der Waals surface area contributed by atoms with Gasteiger partial charge in [0.05, 0.1) is 25.8 Å². The molecule has 3 rings (SSSR count). The van der Waals surface area contributed by atoms with E-state index in [1.807, 2.05) is 43.9 Å². The van der Waals surface area contributed by atoms with Gasteiger partial charge in [-0.05, 0) is 58.0 Å². The summed E-state index contributed by atoms with van der Waals surface area (Å²) in [6.45, 7) is 7.44. The number of rotatable bonds is 9. The molecule has 7 nitrogen and oxygen atoms in total. The fraction of sp³-hybridized carbons (Fsp3) is 0.417. The van der Waals surface area contributed by atoms with Crippen LogP contribution in [0.1, 0.15) is 26.3 Å². The molecule has 0 aliphatic carbocycles. The summed E-state index contributed by atoms with van der Waals surface area (Å²) in [5, 5.41) is 2.88. The van der Waals surface area contributed by atoms with Gasteiger partial charge in [0.1, 0.15) is 0 Å². The van der Waals surface area contributed by atoms with E-state index in [-0.39, 0.29) is 18.4 Å². The molecule has 0 saturated carbocycles. The van der Waals surface area contributed by atoms with Gasteiger partial charge in [0.15, 0.2) is 11.5 Å². The highest BCUT2D eigenvalue weighted by Gasteiger charge is 2.30. The first-order valence-corrected chi connectivity index (χ1v) is 10.7. The minimum Gasteiger partial charge on any atom is -0.490 e. The van der Waals surface area contributed by atoms with Crippen molar-refractivity contribution in [1.29, 1.82) is 0 Å². The fourth-order valence-electron chi connectivity index (χ4n) is 3.67. The van der Waals surface area contributed by atoms with Gasteiger partial charge in [-0.3, -0.25) is 14.5 Å². The summed E-state index contributed by atoms with van der Waals surface area (Å²) in [5.41, 5.74) is 2.77. The fourth-order valence-corrected chi connectivity index (χ4v) is 3.67. The molecule has 0 spiro atoms. The maximum Gasteiger partial charge on any atom is 0.244 e. The molecule has 1 atom stereocenters. The number of carbonyl (C=O) groups excluding carboxylic acids is 2. The second-order valence-electron chi connectivity index (χ2n) is 7.54. The van der Waals surface area contributed by atoms with E-state index in [9.17, 15) is 9.59 Å². The standard InChI is InChI=1S/C24H31N3O4/c1-5-30-21-12-11-19(15-22(21)31-6-2)25-23(28)16-26(4)17(3)24(29)27-14-13-18-9-7-8-10-20(18)27/h7-12,15,17H,5-6,13-14,16H2,1-4H3,(H,25,28). The summed E-state index contributed by atoms with van der Waals surface area (Å²) in [4.78, 5) is 29.2. The zero-order chi connectivity index (χ0) is 22.4. The molecule has 2 aromatic carbocycles. The Morgan fingerprint density at radius 1 is 1.10 bits per heavy atom. The molecule has 0 aromatic heterocycles. The molecule has 31 heavy (non-hydrogen) atoms. The van der Waals surface area contributed by atoms with Crippen LogP contribution < -0.4 is 19.7 Å². The highest BCUT2D eigenvalue weighted by molar-refractivity contribution is 5.99. The Bertz CT molecular complexity index is 931. The molecule has 1 heterocycles. The van der Waals surface area contributed by atoms with E-state index < -0.39 is 6.04 Å². The van der Waals surface area contributed by atoms with Crippen LogP contribution in [0, 0.1) is 0 Å². The maximum atomic E-state index is 13.0. The number of para-hydroxylation sites is 1. The van der Waals surface area contributed by atoms with Crippen LogP contribution in [0.3, 0.4) is 0 Å². The Kier molecular flexibility index (Phi) is 7.52. The number of hydrogen-bond acceptors (Lipinski definition) is 5. The van der Waals surface area contributed by atoms with Gasteiger partial charge in [0.25, 0.3) is 0 Å². The second-order valence-corrected chi connectivity index (χ2v) is 7.54. The first-order chi connectivity index (χ1) is 14.9. The summed E-state index contributed by atoms with van der Waals surface area (Å²) < 4.78 is 11.2. The van der Waals surface area contributed by atoms with Gasteiger partial charge in [-0.2, -0.15) is 0 Å². The topological polar surface area (TPSA) is 71.1 Å². The van der Waals surface area contributed by atoms with E-state index in [1.54, 1.807) is 30.1 Å². The van der Waals surface area contributed by atoms with Crippen molar-refractivity contribution < 1.29 is 19.1 Å². The molecule has 0 fully saturated rings. The van der Waals surface area contributed by atoms with E-state index in [4.69, 9.17) is 9.47 Å². The maximum absolute atomic E-state index is 13.0. The number of hydrogen-bond donors (Lipinski definition) is 1. The lowest BCUT2D eigenvalue weighted by Crippen LogP contribution is -2.47. The summed E-state index contributed by atoms with van der Waals surface area (Å²) in [5.74, 6) is 1.03. The largest absolute Gasteiger partial charge is 0.490 e. The molecule has 2 aromatic rings. The number of benzene rings is 2. The third-order valence-corrected chi connectivity index (χ3v) is 5.39. The van der Waals surface area contributed by atoms with Crippen molar-refractivity contribution >= 4 is 23.2 Å². The van der Waals surface area contributed by atoms with Gasteiger partial charge in [-0.1, -0.05) is 18.2 Å². The average molecular weight is 426 g/mol. The Morgan fingerprint density at radius 2 is 1.81 bits per heavy atom. The van der Waals surface area contributed by atoms with Crippen molar-refractivity contribution in [1.82, 2.24) is 4.90 Å². The SMILES string of the molecule is CCOc1ccc(NC(=O)CN(C)C(C)C(=O)N2CCc3ccccc32)cc1OCC. The molecule has 0 radical (unpaired) electrons. The van der Waals surface area contributed by atoms with E-state index in [2.05, 4.69) is 11.4 Å². The van der Waals surface area contributed by atoms with Gasteiger partial charge in [-0.15, -0.1) is 0 Å². The zero-order valence-electron chi connectivity index (χ0n) is 18.7. The van der Waals surface area contributed by atoms with Crippen molar-refractivity contribution in [2.24, 2.45) is 0 Å². The number of carbonyl (C=O) groups is 2. The third-order valence-electron chi connectivity index (χ3n) is 5.39. The lowest BCUT2D eigenvalue weighted by molar-refractivity contribution is -0.124. The normalized spacial score (nSPS) is 13.6. The second kappa shape index (κ2) is 10.3. The number of nitrogens with one attached hydrogen (secondary N) is 1. The number of likely N-dealkylation sites (N-methyl/N-ethyl adjacent to an activating group) is 1. The lowest BCUT2D eigenvalue weighted by atomic mass is 10.2. The Balaban J connectivity index is 1.60. The van der Waals surface area contributed by atoms with E-state index in [1.165, 1.54) is 5.56 Å². The number of nitrogens with zero attached hydrogens (tertiary/aromatic N) is 2. The minimum atomic E-state index is -0.420. The van der Waals surface area contributed by atoms with Gasteiger partial charge in [0.2, 0.25) is 11.8 Å². The predicted molar refractivity (Wildman–Crippen MR) is 122 cm³/mol. The monoisotopic (exact) mass is 425 g/mol. The Labute approximate surface area is 183 Å². The van der Waals surface area contributed by atoms with Gasteiger partial charge < -0.3 is 19.7 Å². The van der Waals surface area contributed by atoms with Gasteiger partial charge in [-0.25, -0.2) is 0 Å². The lowest BCUT2D eigenvalue weighted by Gasteiger charge is -2.28. The summed E-state index contributed by atoms with van der Waals surface area (Å²) in [7, 11) is 1.79. The van der Waals surface area contributed by atoms with Crippen LogP contribution in [-0.2, 0) is 16.0 Å². The molecule has 1 aliphatic rings. The van der Waals surface area contributed by atoms with Crippen molar-refractivity contribution in [2.45, 2.75) is 33.2 Å². The average Bonchev–Trinajstić information content (AvgIpc) is 3.19. The molecule has 1 N–H and O–H groups in total. The van der Waals surface area contributed by atoms with Gasteiger partial charge in [0, 0.05) is 24.0 Å². The van der Waals surface area contributed by atoms with Crippen LogP contribution in [0.5, 0.6) is 11.5 Å². The zero-order valence-corrected chi connectivity index (χ0v) is 18.7. The molecular formula is C24H31N3O4. The van der Waals surface area contributed by atoms with E-state index in [0.717, 1.165) is 12.1 Å². The van der Waals surface area contributed by atoms with Crippen molar-refractivity contribution in [2.75, 3.05) is 43.6 Å². The summed E-state index contributed by atoms with van der Waals surface area (Å²) in [6, 6.07) is 12.9.